The molecule has 3 rings (SSSR count). The first-order chi connectivity index (χ1) is 11.0. The summed E-state index contributed by atoms with van der Waals surface area (Å²) < 4.78 is 2.21. The molecule has 1 aromatic carbocycles. The number of nitrogens with one attached hydrogen (secondary N) is 1. The first-order valence-electron chi connectivity index (χ1n) is 7.68. The summed E-state index contributed by atoms with van der Waals surface area (Å²) in [7, 11) is 0. The SMILES string of the molecule is Cc1ccc(NC(=O)Cn2cnc3c(c2=O)CCCC3)c(Br)c1. The Balaban J connectivity index is 1.77. The predicted molar refractivity (Wildman–Crippen MR) is 92.6 cm³/mol. The fourth-order valence-electron chi connectivity index (χ4n) is 2.81. The number of hydrogen-bond donors (Lipinski definition) is 1. The van der Waals surface area contributed by atoms with E-state index in [1.165, 1.54) is 10.9 Å². The van der Waals surface area contributed by atoms with Gasteiger partial charge in [-0.2, -0.15) is 0 Å². The number of aryl methyl sites for hydroxylation is 2. The van der Waals surface area contributed by atoms with Gasteiger partial charge in [0.2, 0.25) is 5.91 Å². The Morgan fingerprint density at radius 3 is 2.91 bits per heavy atom. The number of amides is 1. The van der Waals surface area contributed by atoms with Crippen LogP contribution in [0.25, 0.3) is 0 Å². The molecule has 0 atom stereocenters. The van der Waals surface area contributed by atoms with Gasteiger partial charge in [0.05, 0.1) is 17.7 Å². The van der Waals surface area contributed by atoms with Gasteiger partial charge in [-0.25, -0.2) is 4.98 Å². The molecule has 120 valence electrons. The number of anilines is 1. The van der Waals surface area contributed by atoms with E-state index in [2.05, 4.69) is 26.2 Å². The van der Waals surface area contributed by atoms with Gasteiger partial charge in [-0.15, -0.1) is 0 Å². The Bertz CT molecular complexity index is 814. The highest BCUT2D eigenvalue weighted by Crippen LogP contribution is 2.23. The summed E-state index contributed by atoms with van der Waals surface area (Å²) in [4.78, 5) is 29.0. The molecule has 2 aromatic rings. The number of nitrogens with zero attached hydrogens (tertiary/aromatic N) is 2. The second-order valence-corrected chi connectivity index (χ2v) is 6.70. The average Bonchev–Trinajstić information content (AvgIpc) is 2.53. The zero-order valence-corrected chi connectivity index (χ0v) is 14.5. The summed E-state index contributed by atoms with van der Waals surface area (Å²) in [5.41, 5.74) is 3.36. The number of halogens is 1. The summed E-state index contributed by atoms with van der Waals surface area (Å²) in [6.07, 6.45) is 5.18. The Morgan fingerprint density at radius 1 is 1.35 bits per heavy atom. The van der Waals surface area contributed by atoms with Crippen LogP contribution < -0.4 is 10.9 Å². The van der Waals surface area contributed by atoms with Crippen LogP contribution in [0.2, 0.25) is 0 Å². The summed E-state index contributed by atoms with van der Waals surface area (Å²) >= 11 is 3.43. The molecule has 23 heavy (non-hydrogen) atoms. The van der Waals surface area contributed by atoms with Crippen LogP contribution in [0.4, 0.5) is 5.69 Å². The number of benzene rings is 1. The quantitative estimate of drug-likeness (QED) is 0.896. The number of fused-ring (bicyclic) bond motifs is 1. The van der Waals surface area contributed by atoms with Crippen molar-refractivity contribution in [3.63, 3.8) is 0 Å². The molecular formula is C17H18BrN3O2. The minimum Gasteiger partial charge on any atom is -0.324 e. The van der Waals surface area contributed by atoms with Crippen molar-refractivity contribution >= 4 is 27.5 Å². The van der Waals surface area contributed by atoms with Crippen molar-refractivity contribution in [1.82, 2.24) is 9.55 Å². The number of aromatic nitrogens is 2. The molecule has 0 radical (unpaired) electrons. The molecule has 1 N–H and O–H groups in total. The van der Waals surface area contributed by atoms with Gasteiger partial charge in [-0.05, 0) is 66.2 Å². The largest absolute Gasteiger partial charge is 0.324 e. The maximum absolute atomic E-state index is 12.4. The van der Waals surface area contributed by atoms with Crippen molar-refractivity contribution in [2.24, 2.45) is 0 Å². The summed E-state index contributed by atoms with van der Waals surface area (Å²) in [6, 6.07) is 5.69. The average molecular weight is 376 g/mol. The third-order valence-electron chi connectivity index (χ3n) is 4.02. The van der Waals surface area contributed by atoms with Crippen LogP contribution in [0.3, 0.4) is 0 Å². The highest BCUT2D eigenvalue weighted by atomic mass is 79.9. The maximum Gasteiger partial charge on any atom is 0.257 e. The van der Waals surface area contributed by atoms with Crippen LogP contribution in [0.1, 0.15) is 29.7 Å². The van der Waals surface area contributed by atoms with E-state index in [1.807, 2.05) is 25.1 Å². The number of carbonyl (C=O) groups excluding carboxylic acids is 1. The number of rotatable bonds is 3. The van der Waals surface area contributed by atoms with Crippen molar-refractivity contribution in [1.29, 1.82) is 0 Å². The molecule has 1 aliphatic rings. The maximum atomic E-state index is 12.4. The third-order valence-corrected chi connectivity index (χ3v) is 4.68. The lowest BCUT2D eigenvalue weighted by molar-refractivity contribution is -0.116. The molecule has 1 aromatic heterocycles. The van der Waals surface area contributed by atoms with Gasteiger partial charge in [0.25, 0.3) is 5.56 Å². The first kappa shape index (κ1) is 15.9. The molecule has 0 fully saturated rings. The second-order valence-electron chi connectivity index (χ2n) is 5.84. The molecule has 0 saturated carbocycles. The molecule has 1 amide bonds. The van der Waals surface area contributed by atoms with E-state index in [0.717, 1.165) is 47.0 Å². The van der Waals surface area contributed by atoms with Gasteiger partial charge < -0.3 is 5.32 Å². The molecule has 0 saturated heterocycles. The van der Waals surface area contributed by atoms with Crippen molar-refractivity contribution in [3.05, 3.63) is 56.2 Å². The van der Waals surface area contributed by atoms with Crippen LogP contribution in [0.5, 0.6) is 0 Å². The molecule has 0 unspecified atom stereocenters. The van der Waals surface area contributed by atoms with Crippen molar-refractivity contribution < 1.29 is 4.79 Å². The summed E-state index contributed by atoms with van der Waals surface area (Å²) in [5.74, 6) is -0.241. The molecule has 0 aliphatic heterocycles. The van der Waals surface area contributed by atoms with Gasteiger partial charge in [-0.1, -0.05) is 6.07 Å². The zero-order chi connectivity index (χ0) is 16.4. The van der Waals surface area contributed by atoms with E-state index in [-0.39, 0.29) is 18.0 Å². The Labute approximate surface area is 142 Å². The first-order valence-corrected chi connectivity index (χ1v) is 8.47. The number of carbonyl (C=O) groups is 1. The van der Waals surface area contributed by atoms with Crippen molar-refractivity contribution in [2.45, 2.75) is 39.2 Å². The molecule has 5 nitrogen and oxygen atoms in total. The standard InChI is InChI=1S/C17H18BrN3O2/c1-11-6-7-15(13(18)8-11)20-16(22)9-21-10-19-14-5-3-2-4-12(14)17(21)23/h6-8,10H,2-5,9H2,1H3,(H,20,22). The Morgan fingerprint density at radius 2 is 2.13 bits per heavy atom. The smallest absolute Gasteiger partial charge is 0.257 e. The highest BCUT2D eigenvalue weighted by molar-refractivity contribution is 9.10. The second kappa shape index (κ2) is 6.66. The molecular weight excluding hydrogens is 358 g/mol. The Hall–Kier alpha value is -1.95. The Kier molecular flexibility index (Phi) is 4.61. The van der Waals surface area contributed by atoms with Gasteiger partial charge in [0.15, 0.2) is 0 Å². The fourth-order valence-corrected chi connectivity index (χ4v) is 3.40. The monoisotopic (exact) mass is 375 g/mol. The van der Waals surface area contributed by atoms with E-state index in [0.29, 0.717) is 5.69 Å². The topological polar surface area (TPSA) is 64.0 Å². The predicted octanol–water partition coefficient (Wildman–Crippen LogP) is 2.83. The molecule has 1 aliphatic carbocycles. The van der Waals surface area contributed by atoms with E-state index in [4.69, 9.17) is 0 Å². The molecule has 0 spiro atoms. The third kappa shape index (κ3) is 3.52. The van der Waals surface area contributed by atoms with E-state index >= 15 is 0 Å². The van der Waals surface area contributed by atoms with Gasteiger partial charge in [0.1, 0.15) is 6.54 Å². The lowest BCUT2D eigenvalue weighted by atomic mass is 9.97. The fraction of sp³-hybridized carbons (Fsp3) is 0.353. The molecule has 1 heterocycles. The summed E-state index contributed by atoms with van der Waals surface area (Å²) in [5, 5.41) is 2.82. The van der Waals surface area contributed by atoms with Crippen LogP contribution in [0, 0.1) is 6.92 Å². The normalized spacial score (nSPS) is 13.5. The number of hydrogen-bond acceptors (Lipinski definition) is 3. The van der Waals surface area contributed by atoms with E-state index in [9.17, 15) is 9.59 Å². The van der Waals surface area contributed by atoms with Gasteiger partial charge >= 0.3 is 0 Å². The zero-order valence-electron chi connectivity index (χ0n) is 12.9. The lowest BCUT2D eigenvalue weighted by Gasteiger charge is -2.15. The van der Waals surface area contributed by atoms with Crippen LogP contribution in [-0.2, 0) is 24.2 Å². The van der Waals surface area contributed by atoms with E-state index < -0.39 is 0 Å². The van der Waals surface area contributed by atoms with Crippen LogP contribution in [0.15, 0.2) is 33.8 Å². The summed E-state index contributed by atoms with van der Waals surface area (Å²) in [6.45, 7) is 1.95. The minimum atomic E-state index is -0.241. The van der Waals surface area contributed by atoms with E-state index in [1.54, 1.807) is 0 Å². The van der Waals surface area contributed by atoms with Crippen molar-refractivity contribution in [3.8, 4) is 0 Å². The van der Waals surface area contributed by atoms with Gasteiger partial charge in [-0.3, -0.25) is 14.2 Å². The lowest BCUT2D eigenvalue weighted by Crippen LogP contribution is -2.32. The minimum absolute atomic E-state index is 0.0283. The molecule has 0 bridgehead atoms. The highest BCUT2D eigenvalue weighted by Gasteiger charge is 2.16. The molecule has 6 heteroatoms. The van der Waals surface area contributed by atoms with Crippen LogP contribution >= 0.6 is 15.9 Å². The van der Waals surface area contributed by atoms with Crippen LogP contribution in [-0.4, -0.2) is 15.5 Å². The van der Waals surface area contributed by atoms with Gasteiger partial charge in [0, 0.05) is 10.0 Å². The van der Waals surface area contributed by atoms with Crippen molar-refractivity contribution in [2.75, 3.05) is 5.32 Å².